The maximum atomic E-state index is 12.4. The van der Waals surface area contributed by atoms with Crippen LogP contribution in [0, 0.1) is 12.8 Å². The standard InChI is InChI=1S/C16H22N6O3/c1-10-19-20-21-22(10)6-5-14(24)18-16(12-7-13(23)8-12)11-3-4-15(25-2)17-9-11/h3-4,9,12-13,16,23H,5-8H2,1-2H3,(H,18,24). The molecule has 1 fully saturated rings. The minimum absolute atomic E-state index is 0.0860. The number of carbonyl (C=O) groups excluding carboxylic acids is 1. The molecule has 1 atom stereocenters. The highest BCUT2D eigenvalue weighted by molar-refractivity contribution is 5.76. The van der Waals surface area contributed by atoms with Crippen LogP contribution in [0.15, 0.2) is 18.3 Å². The molecule has 2 aromatic heterocycles. The maximum Gasteiger partial charge on any atom is 0.222 e. The summed E-state index contributed by atoms with van der Waals surface area (Å²) in [6, 6.07) is 3.49. The quantitative estimate of drug-likeness (QED) is 0.746. The summed E-state index contributed by atoms with van der Waals surface area (Å²) in [7, 11) is 1.56. The Labute approximate surface area is 145 Å². The van der Waals surface area contributed by atoms with Gasteiger partial charge in [-0.2, -0.15) is 0 Å². The number of tetrazole rings is 1. The molecule has 1 saturated carbocycles. The molecule has 0 saturated heterocycles. The van der Waals surface area contributed by atoms with E-state index < -0.39 is 0 Å². The van der Waals surface area contributed by atoms with E-state index in [1.54, 1.807) is 31.0 Å². The van der Waals surface area contributed by atoms with Crippen LogP contribution < -0.4 is 10.1 Å². The van der Waals surface area contributed by atoms with E-state index in [9.17, 15) is 9.90 Å². The number of rotatable bonds is 7. The SMILES string of the molecule is COc1ccc(C(NC(=O)CCn2nnnc2C)C2CC(O)C2)cn1. The summed E-state index contributed by atoms with van der Waals surface area (Å²) in [4.78, 5) is 16.6. The van der Waals surface area contributed by atoms with Crippen LogP contribution in [0.1, 0.15) is 36.7 Å². The molecular weight excluding hydrogens is 324 g/mol. The first kappa shape index (κ1) is 17.3. The zero-order valence-electron chi connectivity index (χ0n) is 14.3. The molecule has 2 aromatic rings. The number of aliphatic hydroxyl groups excluding tert-OH is 1. The third-order valence-corrected chi connectivity index (χ3v) is 4.53. The fraction of sp³-hybridized carbons (Fsp3) is 0.562. The molecule has 3 rings (SSSR count). The van der Waals surface area contributed by atoms with Gasteiger partial charge in [-0.1, -0.05) is 6.07 Å². The molecule has 0 radical (unpaired) electrons. The summed E-state index contributed by atoms with van der Waals surface area (Å²) in [5.41, 5.74) is 0.907. The largest absolute Gasteiger partial charge is 0.481 e. The molecule has 2 N–H and O–H groups in total. The lowest BCUT2D eigenvalue weighted by atomic mass is 9.75. The minimum Gasteiger partial charge on any atom is -0.481 e. The van der Waals surface area contributed by atoms with Crippen molar-refractivity contribution in [3.63, 3.8) is 0 Å². The van der Waals surface area contributed by atoms with Gasteiger partial charge in [0.2, 0.25) is 11.8 Å². The number of pyridine rings is 1. The van der Waals surface area contributed by atoms with E-state index in [2.05, 4.69) is 25.8 Å². The Hall–Kier alpha value is -2.55. The lowest BCUT2D eigenvalue weighted by Crippen LogP contribution is -2.41. The van der Waals surface area contributed by atoms with Gasteiger partial charge in [0.05, 0.1) is 25.8 Å². The second-order valence-electron chi connectivity index (χ2n) is 6.26. The van der Waals surface area contributed by atoms with Gasteiger partial charge in [-0.25, -0.2) is 9.67 Å². The zero-order valence-corrected chi connectivity index (χ0v) is 14.3. The third-order valence-electron chi connectivity index (χ3n) is 4.53. The number of methoxy groups -OCH3 is 1. The summed E-state index contributed by atoms with van der Waals surface area (Å²) in [5.74, 6) is 1.31. The molecule has 0 aliphatic heterocycles. The van der Waals surface area contributed by atoms with Crippen molar-refractivity contribution < 1.29 is 14.6 Å². The summed E-state index contributed by atoms with van der Waals surface area (Å²) in [6.45, 7) is 2.21. The van der Waals surface area contributed by atoms with Crippen molar-refractivity contribution in [3.8, 4) is 5.88 Å². The lowest BCUT2D eigenvalue weighted by Gasteiger charge is -2.38. The van der Waals surface area contributed by atoms with Gasteiger partial charge in [0.25, 0.3) is 0 Å². The Morgan fingerprint density at radius 1 is 1.48 bits per heavy atom. The van der Waals surface area contributed by atoms with E-state index in [0.29, 0.717) is 31.1 Å². The van der Waals surface area contributed by atoms with Crippen LogP contribution in [0.5, 0.6) is 5.88 Å². The Balaban J connectivity index is 1.64. The van der Waals surface area contributed by atoms with Crippen molar-refractivity contribution in [1.82, 2.24) is 30.5 Å². The maximum absolute atomic E-state index is 12.4. The molecule has 134 valence electrons. The Bertz CT molecular complexity index is 711. The highest BCUT2D eigenvalue weighted by Gasteiger charge is 2.35. The predicted molar refractivity (Wildman–Crippen MR) is 87.6 cm³/mol. The van der Waals surface area contributed by atoms with Gasteiger partial charge in [-0.05, 0) is 41.7 Å². The Kier molecular flexibility index (Phi) is 5.22. The molecule has 0 spiro atoms. The van der Waals surface area contributed by atoms with E-state index in [1.807, 2.05) is 6.07 Å². The van der Waals surface area contributed by atoms with Crippen LogP contribution in [0.3, 0.4) is 0 Å². The number of aliphatic hydroxyl groups is 1. The van der Waals surface area contributed by atoms with Gasteiger partial charge in [-0.15, -0.1) is 5.10 Å². The first-order valence-corrected chi connectivity index (χ1v) is 8.27. The van der Waals surface area contributed by atoms with E-state index in [4.69, 9.17) is 4.74 Å². The topological polar surface area (TPSA) is 115 Å². The van der Waals surface area contributed by atoms with Crippen molar-refractivity contribution in [2.75, 3.05) is 7.11 Å². The summed E-state index contributed by atoms with van der Waals surface area (Å²) in [6.07, 6.45) is 3.03. The van der Waals surface area contributed by atoms with Gasteiger partial charge in [0.15, 0.2) is 0 Å². The van der Waals surface area contributed by atoms with Crippen LogP contribution in [0.25, 0.3) is 0 Å². The lowest BCUT2D eigenvalue weighted by molar-refractivity contribution is -0.123. The number of carbonyl (C=O) groups is 1. The van der Waals surface area contributed by atoms with Crippen molar-refractivity contribution in [2.45, 2.75) is 44.9 Å². The van der Waals surface area contributed by atoms with E-state index in [1.165, 1.54) is 0 Å². The van der Waals surface area contributed by atoms with Crippen molar-refractivity contribution >= 4 is 5.91 Å². The van der Waals surface area contributed by atoms with Gasteiger partial charge >= 0.3 is 0 Å². The number of aromatic nitrogens is 5. The Morgan fingerprint density at radius 2 is 2.28 bits per heavy atom. The number of amides is 1. The molecule has 1 amide bonds. The normalized spacial score (nSPS) is 20.6. The smallest absolute Gasteiger partial charge is 0.222 e. The third kappa shape index (κ3) is 4.11. The molecule has 25 heavy (non-hydrogen) atoms. The average Bonchev–Trinajstić information content (AvgIpc) is 3.00. The monoisotopic (exact) mass is 346 g/mol. The predicted octanol–water partition coefficient (Wildman–Crippen LogP) is 0.404. The first-order valence-electron chi connectivity index (χ1n) is 8.27. The molecule has 1 aliphatic rings. The highest BCUT2D eigenvalue weighted by Crippen LogP contribution is 2.38. The van der Waals surface area contributed by atoms with Crippen LogP contribution in [0.2, 0.25) is 0 Å². The second-order valence-corrected chi connectivity index (χ2v) is 6.26. The highest BCUT2D eigenvalue weighted by atomic mass is 16.5. The summed E-state index contributed by atoms with van der Waals surface area (Å²) < 4.78 is 6.67. The van der Waals surface area contributed by atoms with E-state index >= 15 is 0 Å². The molecule has 2 heterocycles. The van der Waals surface area contributed by atoms with Crippen LogP contribution in [-0.2, 0) is 11.3 Å². The molecule has 1 aliphatic carbocycles. The number of hydrogen-bond acceptors (Lipinski definition) is 7. The van der Waals surface area contributed by atoms with Crippen LogP contribution in [0.4, 0.5) is 0 Å². The van der Waals surface area contributed by atoms with Crippen LogP contribution in [-0.4, -0.2) is 49.4 Å². The van der Waals surface area contributed by atoms with Crippen LogP contribution >= 0.6 is 0 Å². The molecule has 0 aromatic carbocycles. The fourth-order valence-electron chi connectivity index (χ4n) is 2.98. The van der Waals surface area contributed by atoms with Gasteiger partial charge < -0.3 is 15.2 Å². The summed E-state index contributed by atoms with van der Waals surface area (Å²) >= 11 is 0. The molecule has 1 unspecified atom stereocenters. The van der Waals surface area contributed by atoms with Gasteiger partial charge in [0.1, 0.15) is 5.82 Å². The zero-order chi connectivity index (χ0) is 17.8. The molecule has 9 nitrogen and oxygen atoms in total. The van der Waals surface area contributed by atoms with Gasteiger partial charge in [0, 0.05) is 18.7 Å². The minimum atomic E-state index is -0.292. The molecular formula is C16H22N6O3. The number of aryl methyl sites for hydroxylation is 2. The van der Waals surface area contributed by atoms with E-state index in [-0.39, 0.29) is 30.4 Å². The summed E-state index contributed by atoms with van der Waals surface area (Å²) in [5, 5.41) is 23.9. The second kappa shape index (κ2) is 7.56. The Morgan fingerprint density at radius 3 is 2.84 bits per heavy atom. The van der Waals surface area contributed by atoms with Crippen molar-refractivity contribution in [2.24, 2.45) is 5.92 Å². The molecule has 0 bridgehead atoms. The number of nitrogens with zero attached hydrogens (tertiary/aromatic N) is 5. The van der Waals surface area contributed by atoms with Crippen molar-refractivity contribution in [1.29, 1.82) is 0 Å². The van der Waals surface area contributed by atoms with Gasteiger partial charge in [-0.3, -0.25) is 4.79 Å². The number of hydrogen-bond donors (Lipinski definition) is 2. The fourth-order valence-corrected chi connectivity index (χ4v) is 2.98. The van der Waals surface area contributed by atoms with Crippen molar-refractivity contribution in [3.05, 3.63) is 29.7 Å². The number of ether oxygens (including phenoxy) is 1. The first-order chi connectivity index (χ1) is 12.1. The molecule has 9 heteroatoms. The van der Waals surface area contributed by atoms with E-state index in [0.717, 1.165) is 5.56 Å². The average molecular weight is 346 g/mol. The number of nitrogens with one attached hydrogen (secondary N) is 1.